The first-order valence-corrected chi connectivity index (χ1v) is 6.81. The first kappa shape index (κ1) is 11.9. The second-order valence-electron chi connectivity index (χ2n) is 2.83. The van der Waals surface area contributed by atoms with Crippen LogP contribution in [-0.4, -0.2) is 43.1 Å². The van der Waals surface area contributed by atoms with Crippen LogP contribution in [0.15, 0.2) is 0 Å². The van der Waals surface area contributed by atoms with Crippen LogP contribution in [0.5, 0.6) is 0 Å². The van der Waals surface area contributed by atoms with Crippen molar-refractivity contribution in [3.63, 3.8) is 0 Å². The molecule has 9 heteroatoms. The molecule has 0 aromatic carbocycles. The van der Waals surface area contributed by atoms with E-state index < -0.39 is 15.7 Å². The van der Waals surface area contributed by atoms with E-state index in [4.69, 9.17) is 5.73 Å². The van der Waals surface area contributed by atoms with E-state index in [0.717, 1.165) is 17.6 Å². The Kier molecular flexibility index (Phi) is 3.58. The maximum Gasteiger partial charge on any atom is 0.282 e. The zero-order valence-electron chi connectivity index (χ0n) is 7.93. The van der Waals surface area contributed by atoms with Crippen molar-refractivity contribution in [2.45, 2.75) is 0 Å². The summed E-state index contributed by atoms with van der Waals surface area (Å²) in [5, 5.41) is 9.70. The molecule has 0 saturated heterocycles. The molecular weight excluding hydrogens is 240 g/mol. The second kappa shape index (κ2) is 4.53. The summed E-state index contributed by atoms with van der Waals surface area (Å²) in [7, 11) is -3.07. The molecule has 0 saturated carbocycles. The van der Waals surface area contributed by atoms with E-state index in [1.165, 1.54) is 0 Å². The number of nitrogens with zero attached hydrogens (tertiary/aromatic N) is 2. The number of nitrogen functional groups attached to an aromatic ring is 1. The number of carbonyl (C=O) groups excluding carboxylic acids is 1. The third-order valence-electron chi connectivity index (χ3n) is 1.39. The van der Waals surface area contributed by atoms with Crippen molar-refractivity contribution in [3.05, 3.63) is 5.01 Å². The highest BCUT2D eigenvalue weighted by Gasteiger charge is 2.11. The summed E-state index contributed by atoms with van der Waals surface area (Å²) < 4.78 is 21.5. The van der Waals surface area contributed by atoms with E-state index in [9.17, 15) is 13.2 Å². The van der Waals surface area contributed by atoms with E-state index in [0.29, 0.717) is 0 Å². The smallest absolute Gasteiger partial charge is 0.282 e. The largest absolute Gasteiger partial charge is 0.374 e. The number of sulfone groups is 1. The summed E-state index contributed by atoms with van der Waals surface area (Å²) in [6, 6.07) is 0. The van der Waals surface area contributed by atoms with Gasteiger partial charge in [-0.05, 0) is 0 Å². The Hall–Kier alpha value is -1.22. The van der Waals surface area contributed by atoms with Gasteiger partial charge in [0.05, 0.1) is 5.75 Å². The third-order valence-corrected chi connectivity index (χ3v) is 3.09. The number of rotatable bonds is 4. The van der Waals surface area contributed by atoms with Gasteiger partial charge in [0, 0.05) is 12.8 Å². The highest BCUT2D eigenvalue weighted by molar-refractivity contribution is 7.90. The molecule has 0 aliphatic heterocycles. The molecule has 0 bridgehead atoms. The minimum Gasteiger partial charge on any atom is -0.374 e. The summed E-state index contributed by atoms with van der Waals surface area (Å²) in [6.45, 7) is 0.0527. The van der Waals surface area contributed by atoms with E-state index in [2.05, 4.69) is 15.5 Å². The quantitative estimate of drug-likeness (QED) is 0.700. The highest BCUT2D eigenvalue weighted by Crippen LogP contribution is 2.09. The molecule has 3 N–H and O–H groups in total. The van der Waals surface area contributed by atoms with Gasteiger partial charge in [0.1, 0.15) is 9.84 Å². The van der Waals surface area contributed by atoms with Gasteiger partial charge in [-0.15, -0.1) is 10.2 Å². The summed E-state index contributed by atoms with van der Waals surface area (Å²) in [4.78, 5) is 11.3. The molecule has 1 rings (SSSR count). The van der Waals surface area contributed by atoms with Crippen LogP contribution in [0.25, 0.3) is 0 Å². The number of aromatic nitrogens is 2. The van der Waals surface area contributed by atoms with Gasteiger partial charge in [0.25, 0.3) is 5.91 Å². The molecule has 15 heavy (non-hydrogen) atoms. The Bertz CT molecular complexity index is 453. The maximum absolute atomic E-state index is 11.3. The van der Waals surface area contributed by atoms with Crippen molar-refractivity contribution >= 4 is 32.2 Å². The Morgan fingerprint density at radius 1 is 1.53 bits per heavy atom. The van der Waals surface area contributed by atoms with Crippen LogP contribution in [-0.2, 0) is 9.84 Å². The first-order chi connectivity index (χ1) is 6.88. The molecule has 0 unspecified atom stereocenters. The van der Waals surface area contributed by atoms with Gasteiger partial charge >= 0.3 is 0 Å². The van der Waals surface area contributed by atoms with Gasteiger partial charge in [-0.2, -0.15) is 0 Å². The molecule has 0 fully saturated rings. The van der Waals surface area contributed by atoms with Gasteiger partial charge < -0.3 is 11.1 Å². The fourth-order valence-corrected chi connectivity index (χ4v) is 1.75. The van der Waals surface area contributed by atoms with Crippen LogP contribution in [0.2, 0.25) is 0 Å². The highest BCUT2D eigenvalue weighted by atomic mass is 32.2. The van der Waals surface area contributed by atoms with Gasteiger partial charge in [-0.25, -0.2) is 8.42 Å². The number of nitrogens with two attached hydrogens (primary N) is 1. The van der Waals surface area contributed by atoms with E-state index >= 15 is 0 Å². The summed E-state index contributed by atoms with van der Waals surface area (Å²) >= 11 is 0.948. The molecule has 7 nitrogen and oxygen atoms in total. The fourth-order valence-electron chi connectivity index (χ4n) is 0.752. The molecule has 0 radical (unpaired) electrons. The van der Waals surface area contributed by atoms with Gasteiger partial charge in [-0.1, -0.05) is 11.3 Å². The van der Waals surface area contributed by atoms with Crippen molar-refractivity contribution < 1.29 is 13.2 Å². The molecular formula is C6H10N4O3S2. The van der Waals surface area contributed by atoms with Gasteiger partial charge in [0.15, 0.2) is 0 Å². The molecule has 1 heterocycles. The minimum atomic E-state index is -3.07. The van der Waals surface area contributed by atoms with Crippen molar-refractivity contribution in [1.82, 2.24) is 15.5 Å². The monoisotopic (exact) mass is 250 g/mol. The molecule has 84 valence electrons. The molecule has 1 amide bonds. The molecule has 0 aliphatic rings. The number of carbonyl (C=O) groups is 1. The van der Waals surface area contributed by atoms with E-state index in [-0.39, 0.29) is 22.4 Å². The topological polar surface area (TPSA) is 115 Å². The maximum atomic E-state index is 11.3. The zero-order chi connectivity index (χ0) is 11.5. The van der Waals surface area contributed by atoms with Crippen molar-refractivity contribution in [3.8, 4) is 0 Å². The molecule has 1 aromatic heterocycles. The van der Waals surface area contributed by atoms with Crippen molar-refractivity contribution in [2.75, 3.05) is 24.3 Å². The lowest BCUT2D eigenvalue weighted by molar-refractivity contribution is 0.0955. The average Bonchev–Trinajstić information content (AvgIpc) is 2.49. The van der Waals surface area contributed by atoms with Crippen LogP contribution in [0, 0.1) is 0 Å². The van der Waals surface area contributed by atoms with Crippen LogP contribution in [0.4, 0.5) is 5.13 Å². The Morgan fingerprint density at radius 3 is 2.67 bits per heavy atom. The molecule has 0 atom stereocenters. The Morgan fingerprint density at radius 2 is 2.20 bits per heavy atom. The normalized spacial score (nSPS) is 11.3. The molecule has 1 aromatic rings. The first-order valence-electron chi connectivity index (χ1n) is 3.93. The lowest BCUT2D eigenvalue weighted by atomic mass is 10.6. The third kappa shape index (κ3) is 4.21. The Labute approximate surface area is 90.6 Å². The SMILES string of the molecule is CS(=O)(=O)CCNC(=O)c1nnc(N)s1. The summed E-state index contributed by atoms with van der Waals surface area (Å²) in [5.41, 5.74) is 5.28. The van der Waals surface area contributed by atoms with Crippen molar-refractivity contribution in [1.29, 1.82) is 0 Å². The summed E-state index contributed by atoms with van der Waals surface area (Å²) in [5.74, 6) is -0.569. The van der Waals surface area contributed by atoms with Crippen LogP contribution in [0.3, 0.4) is 0 Å². The minimum absolute atomic E-state index is 0.0527. The lowest BCUT2D eigenvalue weighted by Crippen LogP contribution is -2.28. The fraction of sp³-hybridized carbons (Fsp3) is 0.500. The van der Waals surface area contributed by atoms with Crippen LogP contribution < -0.4 is 11.1 Å². The average molecular weight is 250 g/mol. The number of amides is 1. The van der Waals surface area contributed by atoms with Gasteiger partial charge in [0.2, 0.25) is 10.1 Å². The zero-order valence-corrected chi connectivity index (χ0v) is 9.56. The Balaban J connectivity index is 2.44. The number of nitrogens with one attached hydrogen (secondary N) is 1. The predicted molar refractivity (Wildman–Crippen MR) is 56.4 cm³/mol. The molecule has 0 spiro atoms. The summed E-state index contributed by atoms with van der Waals surface area (Å²) in [6.07, 6.45) is 1.10. The van der Waals surface area contributed by atoms with Crippen LogP contribution >= 0.6 is 11.3 Å². The molecule has 0 aliphatic carbocycles. The van der Waals surface area contributed by atoms with E-state index in [1.54, 1.807) is 0 Å². The van der Waals surface area contributed by atoms with Gasteiger partial charge in [-0.3, -0.25) is 4.79 Å². The standard InChI is InChI=1S/C6H10N4O3S2/c1-15(12,13)3-2-8-4(11)5-9-10-6(7)14-5/h2-3H2,1H3,(H2,7,10)(H,8,11). The number of anilines is 1. The van der Waals surface area contributed by atoms with Crippen LogP contribution in [0.1, 0.15) is 9.80 Å². The second-order valence-corrected chi connectivity index (χ2v) is 6.10. The number of hydrogen-bond acceptors (Lipinski definition) is 7. The number of hydrogen-bond donors (Lipinski definition) is 2. The van der Waals surface area contributed by atoms with Crippen molar-refractivity contribution in [2.24, 2.45) is 0 Å². The lowest BCUT2D eigenvalue weighted by Gasteiger charge is -2.00. The predicted octanol–water partition coefficient (Wildman–Crippen LogP) is -1.11. The van der Waals surface area contributed by atoms with E-state index in [1.807, 2.05) is 0 Å².